The molecular formula is C22H32O6. The predicted octanol–water partition coefficient (Wildman–Crippen LogP) is 2.76. The van der Waals surface area contributed by atoms with E-state index in [1.807, 2.05) is 20.8 Å². The first-order valence-electron chi connectivity index (χ1n) is 10.5. The lowest BCUT2D eigenvalue weighted by Gasteiger charge is -2.35. The van der Waals surface area contributed by atoms with Gasteiger partial charge in [0, 0.05) is 6.42 Å². The topological polar surface area (TPSA) is 89.9 Å². The Morgan fingerprint density at radius 1 is 1.29 bits per heavy atom. The van der Waals surface area contributed by atoms with Gasteiger partial charge < -0.3 is 14.6 Å². The molecule has 0 aromatic carbocycles. The molecule has 0 spiro atoms. The van der Waals surface area contributed by atoms with Crippen LogP contribution in [0.5, 0.6) is 0 Å². The Bertz CT molecular complexity index is 683. The fourth-order valence-corrected chi connectivity index (χ4v) is 5.05. The number of aliphatic hydroxyl groups is 1. The van der Waals surface area contributed by atoms with E-state index < -0.39 is 41.7 Å². The highest BCUT2D eigenvalue weighted by Gasteiger charge is 2.48. The number of esters is 1. The third-order valence-corrected chi connectivity index (χ3v) is 6.59. The average molecular weight is 392 g/mol. The van der Waals surface area contributed by atoms with Gasteiger partial charge in [0.15, 0.2) is 11.6 Å². The quantitative estimate of drug-likeness (QED) is 0.574. The number of rotatable bonds is 2. The molecule has 1 N–H and O–H groups in total. The molecule has 6 heteroatoms. The Balaban J connectivity index is 1.97. The minimum Gasteiger partial charge on any atom is -0.461 e. The Morgan fingerprint density at radius 3 is 2.68 bits per heavy atom. The molecule has 4 bridgehead atoms. The third kappa shape index (κ3) is 4.08. The van der Waals surface area contributed by atoms with Gasteiger partial charge in [0.25, 0.3) is 0 Å². The van der Waals surface area contributed by atoms with Crippen molar-refractivity contribution in [3.63, 3.8) is 0 Å². The van der Waals surface area contributed by atoms with Gasteiger partial charge >= 0.3 is 5.97 Å². The molecule has 4 rings (SSSR count). The van der Waals surface area contributed by atoms with Crippen molar-refractivity contribution >= 4 is 17.5 Å². The summed E-state index contributed by atoms with van der Waals surface area (Å²) in [6, 6.07) is 0. The first kappa shape index (κ1) is 21.2. The number of allylic oxidation sites excluding steroid dienone is 1. The SMILES string of the molecule is CCC[C@H]1C(=O)C2CC[C@@]3(C)C[C@H](C)[C@@H](O3)[C@H](O)/C=C(/C)C(=O)C[C@H]1OC2=O. The normalized spacial score (nSPS) is 44.0. The van der Waals surface area contributed by atoms with E-state index in [2.05, 4.69) is 0 Å². The molecule has 0 aromatic rings. The number of carbonyl (C=O) groups excluding carboxylic acids is 3. The summed E-state index contributed by atoms with van der Waals surface area (Å²) in [4.78, 5) is 38.4. The van der Waals surface area contributed by atoms with Crippen LogP contribution in [0.1, 0.15) is 66.2 Å². The van der Waals surface area contributed by atoms with Gasteiger partial charge in [0.05, 0.1) is 23.7 Å². The maximum atomic E-state index is 13.1. The van der Waals surface area contributed by atoms with E-state index in [0.717, 1.165) is 12.8 Å². The van der Waals surface area contributed by atoms with Crippen molar-refractivity contribution in [3.8, 4) is 0 Å². The van der Waals surface area contributed by atoms with Crippen LogP contribution in [0.25, 0.3) is 0 Å². The largest absolute Gasteiger partial charge is 0.461 e. The lowest BCUT2D eigenvalue weighted by Crippen LogP contribution is -2.47. The van der Waals surface area contributed by atoms with Gasteiger partial charge in [-0.05, 0) is 57.1 Å². The van der Waals surface area contributed by atoms with Crippen molar-refractivity contribution in [3.05, 3.63) is 11.6 Å². The molecule has 1 unspecified atom stereocenters. The zero-order valence-electron chi connectivity index (χ0n) is 17.3. The molecule has 0 radical (unpaired) electrons. The highest BCUT2D eigenvalue weighted by atomic mass is 16.5. The van der Waals surface area contributed by atoms with Crippen LogP contribution in [0.4, 0.5) is 0 Å². The molecule has 28 heavy (non-hydrogen) atoms. The molecular weight excluding hydrogens is 360 g/mol. The second-order valence-corrected chi connectivity index (χ2v) is 9.05. The Labute approximate surface area is 166 Å². The summed E-state index contributed by atoms with van der Waals surface area (Å²) in [6.45, 7) is 7.62. The number of ketones is 2. The van der Waals surface area contributed by atoms with Crippen molar-refractivity contribution in [2.45, 2.75) is 90.1 Å². The smallest absolute Gasteiger partial charge is 0.316 e. The number of carbonyl (C=O) groups is 3. The van der Waals surface area contributed by atoms with Crippen molar-refractivity contribution in [1.82, 2.24) is 0 Å². The second kappa shape index (κ2) is 8.07. The van der Waals surface area contributed by atoms with Crippen molar-refractivity contribution in [2.24, 2.45) is 17.8 Å². The molecule has 0 amide bonds. The van der Waals surface area contributed by atoms with Crippen LogP contribution in [0.15, 0.2) is 11.6 Å². The van der Waals surface area contributed by atoms with Crippen LogP contribution >= 0.6 is 0 Å². The van der Waals surface area contributed by atoms with Gasteiger partial charge in [0.1, 0.15) is 12.0 Å². The van der Waals surface area contributed by atoms with Crippen LogP contribution < -0.4 is 0 Å². The van der Waals surface area contributed by atoms with E-state index in [9.17, 15) is 19.5 Å². The summed E-state index contributed by atoms with van der Waals surface area (Å²) >= 11 is 0. The van der Waals surface area contributed by atoms with Crippen molar-refractivity contribution < 1.29 is 29.0 Å². The van der Waals surface area contributed by atoms with Gasteiger partial charge in [-0.1, -0.05) is 20.3 Å². The summed E-state index contributed by atoms with van der Waals surface area (Å²) in [5.41, 5.74) is -0.103. The van der Waals surface area contributed by atoms with Crippen LogP contribution in [0, 0.1) is 17.8 Å². The van der Waals surface area contributed by atoms with E-state index in [1.54, 1.807) is 13.0 Å². The first-order chi connectivity index (χ1) is 13.1. The molecule has 0 saturated carbocycles. The predicted molar refractivity (Wildman–Crippen MR) is 102 cm³/mol. The van der Waals surface area contributed by atoms with Gasteiger partial charge in [-0.15, -0.1) is 0 Å². The molecule has 6 nitrogen and oxygen atoms in total. The van der Waals surface area contributed by atoms with E-state index in [1.165, 1.54) is 0 Å². The molecule has 2 fully saturated rings. The average Bonchev–Trinajstić information content (AvgIpc) is 2.92. The monoisotopic (exact) mass is 392 g/mol. The highest BCUT2D eigenvalue weighted by Crippen LogP contribution is 2.42. The Kier molecular flexibility index (Phi) is 6.11. The van der Waals surface area contributed by atoms with Crippen molar-refractivity contribution in [1.29, 1.82) is 0 Å². The molecule has 0 aliphatic carbocycles. The molecule has 2 saturated heterocycles. The van der Waals surface area contributed by atoms with Crippen molar-refractivity contribution in [2.75, 3.05) is 0 Å². The Hall–Kier alpha value is -1.53. The highest BCUT2D eigenvalue weighted by molar-refractivity contribution is 6.03. The van der Waals surface area contributed by atoms with Crippen LogP contribution in [0.3, 0.4) is 0 Å². The maximum Gasteiger partial charge on any atom is 0.316 e. The first-order valence-corrected chi connectivity index (χ1v) is 10.5. The second-order valence-electron chi connectivity index (χ2n) is 9.05. The van der Waals surface area contributed by atoms with Gasteiger partial charge in [0.2, 0.25) is 0 Å². The zero-order valence-corrected chi connectivity index (χ0v) is 17.3. The standard InChI is InChI=1S/C22H32O6/c1-5-6-14-18-10-16(23)12(2)9-17(24)20-13(3)11-22(4,28-20)8-7-15(19(14)25)21(26)27-18/h9,13-15,17-18,20,24H,5-8,10-11H2,1-4H3/b12-9-/t13-,14+,15?,17+,18+,20+,22-/m0/s1. The molecule has 0 aromatic heterocycles. The number of fused-ring (bicyclic) bond motifs is 6. The van der Waals surface area contributed by atoms with Gasteiger partial charge in [-0.2, -0.15) is 0 Å². The number of ether oxygens (including phenoxy) is 2. The lowest BCUT2D eigenvalue weighted by atomic mass is 9.78. The summed E-state index contributed by atoms with van der Waals surface area (Å²) in [5.74, 6) is -1.95. The molecule has 4 heterocycles. The van der Waals surface area contributed by atoms with E-state index in [4.69, 9.17) is 9.47 Å². The van der Waals surface area contributed by atoms with Gasteiger partial charge in [-0.3, -0.25) is 14.4 Å². The number of hydrogen-bond acceptors (Lipinski definition) is 6. The van der Waals surface area contributed by atoms with Crippen LogP contribution in [0.2, 0.25) is 0 Å². The molecule has 156 valence electrons. The van der Waals surface area contributed by atoms with E-state index >= 15 is 0 Å². The molecule has 7 atom stereocenters. The lowest BCUT2D eigenvalue weighted by molar-refractivity contribution is -0.172. The summed E-state index contributed by atoms with van der Waals surface area (Å²) in [5, 5.41) is 10.6. The van der Waals surface area contributed by atoms with Gasteiger partial charge in [-0.25, -0.2) is 0 Å². The fraction of sp³-hybridized carbons (Fsp3) is 0.773. The Morgan fingerprint density at radius 2 is 2.00 bits per heavy atom. The van der Waals surface area contributed by atoms with Crippen LogP contribution in [-0.2, 0) is 23.9 Å². The number of Topliss-reactive ketones (excluding diaryl/α,β-unsaturated/α-hetero) is 2. The molecule has 4 aliphatic heterocycles. The minimum atomic E-state index is -0.864. The summed E-state index contributed by atoms with van der Waals surface area (Å²) in [7, 11) is 0. The summed E-state index contributed by atoms with van der Waals surface area (Å²) < 4.78 is 11.8. The zero-order chi connectivity index (χ0) is 20.6. The number of hydrogen-bond donors (Lipinski definition) is 1. The number of aliphatic hydroxyl groups excluding tert-OH is 1. The molecule has 4 aliphatic rings. The summed E-state index contributed by atoms with van der Waals surface area (Å²) in [6.07, 6.45) is 2.57. The minimum absolute atomic E-state index is 0.0251. The third-order valence-electron chi connectivity index (χ3n) is 6.59. The maximum absolute atomic E-state index is 13.1. The van der Waals surface area contributed by atoms with E-state index in [0.29, 0.717) is 24.8 Å². The van der Waals surface area contributed by atoms with E-state index in [-0.39, 0.29) is 23.9 Å². The van der Waals surface area contributed by atoms with Crippen LogP contribution in [-0.4, -0.2) is 46.6 Å². The fourth-order valence-electron chi connectivity index (χ4n) is 5.05.